The van der Waals surface area contributed by atoms with E-state index < -0.39 is 0 Å². The first-order valence-electron chi connectivity index (χ1n) is 7.86. The summed E-state index contributed by atoms with van der Waals surface area (Å²) in [5.41, 5.74) is 0.718. The van der Waals surface area contributed by atoms with Gasteiger partial charge in [0.25, 0.3) is 0 Å². The van der Waals surface area contributed by atoms with Gasteiger partial charge in [0.1, 0.15) is 5.69 Å². The maximum Gasteiger partial charge on any atom is 0.228 e. The van der Waals surface area contributed by atoms with Gasteiger partial charge in [-0.25, -0.2) is 4.63 Å². The van der Waals surface area contributed by atoms with Crippen molar-refractivity contribution in [3.05, 3.63) is 5.69 Å². The second-order valence-electron chi connectivity index (χ2n) is 5.76. The first kappa shape index (κ1) is 15.0. The predicted molar refractivity (Wildman–Crippen MR) is 77.3 cm³/mol. The standard InChI is InChI=1S/C15H25N3O2/c1-3-5-6-11-7-9-12(10-8-11)15(19)16-14-13(4-2)17-20-18-14/h11-12H,3-10H2,1-2H3,(H,16,18,19). The number of aryl methyl sites for hydroxylation is 1. The van der Waals surface area contributed by atoms with E-state index in [9.17, 15) is 4.79 Å². The zero-order valence-corrected chi connectivity index (χ0v) is 12.5. The minimum Gasteiger partial charge on any atom is -0.306 e. The number of amides is 1. The third kappa shape index (κ3) is 3.81. The predicted octanol–water partition coefficient (Wildman–Crippen LogP) is 3.57. The van der Waals surface area contributed by atoms with Crippen LogP contribution in [-0.4, -0.2) is 16.2 Å². The average Bonchev–Trinajstić information content (AvgIpc) is 2.92. The molecular weight excluding hydrogens is 254 g/mol. The van der Waals surface area contributed by atoms with Crippen molar-refractivity contribution in [1.29, 1.82) is 0 Å². The molecule has 2 rings (SSSR count). The molecule has 1 heterocycles. The summed E-state index contributed by atoms with van der Waals surface area (Å²) in [6.07, 6.45) is 8.94. The molecule has 0 radical (unpaired) electrons. The number of anilines is 1. The lowest BCUT2D eigenvalue weighted by Gasteiger charge is -2.27. The summed E-state index contributed by atoms with van der Waals surface area (Å²) in [5.74, 6) is 1.50. The van der Waals surface area contributed by atoms with E-state index in [1.54, 1.807) is 0 Å². The highest BCUT2D eigenvalue weighted by molar-refractivity contribution is 5.92. The molecule has 0 bridgehead atoms. The van der Waals surface area contributed by atoms with E-state index in [0.29, 0.717) is 12.2 Å². The molecule has 5 nitrogen and oxygen atoms in total. The third-order valence-electron chi connectivity index (χ3n) is 4.32. The number of unbranched alkanes of at least 4 members (excludes halogenated alkanes) is 1. The second-order valence-corrected chi connectivity index (χ2v) is 5.76. The quantitative estimate of drug-likeness (QED) is 0.864. The minimum atomic E-state index is 0.0735. The van der Waals surface area contributed by atoms with Crippen molar-refractivity contribution in [1.82, 2.24) is 10.3 Å². The molecule has 1 fully saturated rings. The van der Waals surface area contributed by atoms with Crippen LogP contribution in [-0.2, 0) is 11.2 Å². The van der Waals surface area contributed by atoms with Crippen LogP contribution >= 0.6 is 0 Å². The molecule has 0 aromatic carbocycles. The molecule has 112 valence electrons. The number of aromatic nitrogens is 2. The highest BCUT2D eigenvalue weighted by atomic mass is 16.6. The van der Waals surface area contributed by atoms with Crippen LogP contribution in [0.15, 0.2) is 4.63 Å². The van der Waals surface area contributed by atoms with Crippen molar-refractivity contribution in [2.75, 3.05) is 5.32 Å². The summed E-state index contributed by atoms with van der Waals surface area (Å²) in [5, 5.41) is 10.4. The van der Waals surface area contributed by atoms with Crippen LogP contribution in [0.3, 0.4) is 0 Å². The van der Waals surface area contributed by atoms with Crippen molar-refractivity contribution >= 4 is 11.7 Å². The van der Waals surface area contributed by atoms with Gasteiger partial charge >= 0.3 is 0 Å². The SMILES string of the molecule is CCCCC1CCC(C(=O)Nc2nonc2CC)CC1. The fourth-order valence-electron chi connectivity index (χ4n) is 2.96. The molecule has 1 saturated carbocycles. The normalized spacial score (nSPS) is 22.7. The van der Waals surface area contributed by atoms with Crippen molar-refractivity contribution in [2.24, 2.45) is 11.8 Å². The number of rotatable bonds is 6. The van der Waals surface area contributed by atoms with Gasteiger partial charge in [-0.15, -0.1) is 0 Å². The van der Waals surface area contributed by atoms with Crippen LogP contribution in [0.1, 0.15) is 64.5 Å². The van der Waals surface area contributed by atoms with Crippen LogP contribution in [0.4, 0.5) is 5.82 Å². The summed E-state index contributed by atoms with van der Waals surface area (Å²) < 4.78 is 4.67. The number of carbonyl (C=O) groups excluding carboxylic acids is 1. The van der Waals surface area contributed by atoms with Crippen molar-refractivity contribution in [3.8, 4) is 0 Å². The van der Waals surface area contributed by atoms with Crippen molar-refractivity contribution in [2.45, 2.75) is 65.2 Å². The summed E-state index contributed by atoms with van der Waals surface area (Å²) in [6.45, 7) is 4.20. The van der Waals surface area contributed by atoms with Gasteiger partial charge in [0.05, 0.1) is 0 Å². The van der Waals surface area contributed by atoms with E-state index in [4.69, 9.17) is 0 Å². The molecule has 0 atom stereocenters. The zero-order chi connectivity index (χ0) is 14.4. The highest BCUT2D eigenvalue weighted by Crippen LogP contribution is 2.32. The van der Waals surface area contributed by atoms with E-state index in [-0.39, 0.29) is 11.8 Å². The highest BCUT2D eigenvalue weighted by Gasteiger charge is 2.27. The largest absolute Gasteiger partial charge is 0.306 e. The van der Waals surface area contributed by atoms with Gasteiger partial charge in [0.15, 0.2) is 0 Å². The summed E-state index contributed by atoms with van der Waals surface area (Å²) in [6, 6.07) is 0. The van der Waals surface area contributed by atoms with Gasteiger partial charge in [-0.3, -0.25) is 4.79 Å². The molecule has 0 aliphatic heterocycles. The Morgan fingerprint density at radius 1 is 1.25 bits per heavy atom. The second kappa shape index (κ2) is 7.41. The summed E-state index contributed by atoms with van der Waals surface area (Å²) in [4.78, 5) is 12.2. The smallest absolute Gasteiger partial charge is 0.228 e. The first-order valence-corrected chi connectivity index (χ1v) is 7.86. The van der Waals surface area contributed by atoms with Gasteiger partial charge in [0.2, 0.25) is 11.7 Å². The van der Waals surface area contributed by atoms with Crippen LogP contribution in [0, 0.1) is 11.8 Å². The lowest BCUT2D eigenvalue weighted by Crippen LogP contribution is -2.27. The maximum atomic E-state index is 12.2. The molecule has 5 heteroatoms. The van der Waals surface area contributed by atoms with Crippen molar-refractivity contribution < 1.29 is 9.42 Å². The maximum absolute atomic E-state index is 12.2. The van der Waals surface area contributed by atoms with Gasteiger partial charge in [0, 0.05) is 5.92 Å². The fraction of sp³-hybridized carbons (Fsp3) is 0.800. The molecule has 0 unspecified atom stereocenters. The Morgan fingerprint density at radius 3 is 2.65 bits per heavy atom. The molecule has 1 aliphatic rings. The number of hydrogen-bond donors (Lipinski definition) is 1. The van der Waals surface area contributed by atoms with Gasteiger partial charge in [-0.05, 0) is 43.2 Å². The number of hydrogen-bond acceptors (Lipinski definition) is 4. The molecule has 1 N–H and O–H groups in total. The Hall–Kier alpha value is -1.39. The number of carbonyl (C=O) groups is 1. The van der Waals surface area contributed by atoms with E-state index in [1.807, 2.05) is 6.92 Å². The van der Waals surface area contributed by atoms with E-state index in [0.717, 1.165) is 24.5 Å². The Morgan fingerprint density at radius 2 is 2.00 bits per heavy atom. The molecule has 1 aromatic rings. The van der Waals surface area contributed by atoms with E-state index in [2.05, 4.69) is 27.2 Å². The summed E-state index contributed by atoms with van der Waals surface area (Å²) in [7, 11) is 0. The lowest BCUT2D eigenvalue weighted by atomic mass is 9.79. The minimum absolute atomic E-state index is 0.0735. The van der Waals surface area contributed by atoms with Gasteiger partial charge < -0.3 is 5.32 Å². The molecule has 1 aliphatic carbocycles. The fourth-order valence-corrected chi connectivity index (χ4v) is 2.96. The Bertz CT molecular complexity index is 423. The third-order valence-corrected chi connectivity index (χ3v) is 4.32. The molecule has 0 spiro atoms. The van der Waals surface area contributed by atoms with E-state index >= 15 is 0 Å². The molecule has 0 saturated heterocycles. The monoisotopic (exact) mass is 279 g/mol. The van der Waals surface area contributed by atoms with Crippen molar-refractivity contribution in [3.63, 3.8) is 0 Å². The zero-order valence-electron chi connectivity index (χ0n) is 12.5. The van der Waals surface area contributed by atoms with Crippen LogP contribution < -0.4 is 5.32 Å². The molecule has 20 heavy (non-hydrogen) atoms. The van der Waals surface area contributed by atoms with Crippen LogP contribution in [0.2, 0.25) is 0 Å². The molecule has 1 amide bonds. The number of nitrogens with one attached hydrogen (secondary N) is 1. The van der Waals surface area contributed by atoms with Crippen LogP contribution in [0.25, 0.3) is 0 Å². The van der Waals surface area contributed by atoms with Gasteiger partial charge in [-0.1, -0.05) is 38.3 Å². The topological polar surface area (TPSA) is 68.0 Å². The van der Waals surface area contributed by atoms with E-state index in [1.165, 1.54) is 32.1 Å². The summed E-state index contributed by atoms with van der Waals surface area (Å²) >= 11 is 0. The number of nitrogens with zero attached hydrogens (tertiary/aromatic N) is 2. The molecular formula is C15H25N3O2. The molecule has 1 aromatic heterocycles. The first-order chi connectivity index (χ1) is 9.74. The Balaban J connectivity index is 1.80. The Kier molecular flexibility index (Phi) is 5.56. The lowest BCUT2D eigenvalue weighted by molar-refractivity contribution is -0.121. The average molecular weight is 279 g/mol. The van der Waals surface area contributed by atoms with Gasteiger partial charge in [-0.2, -0.15) is 0 Å². The van der Waals surface area contributed by atoms with Crippen LogP contribution in [0.5, 0.6) is 0 Å². The Labute approximate surface area is 120 Å².